The van der Waals surface area contributed by atoms with Gasteiger partial charge in [-0.3, -0.25) is 0 Å². The fourth-order valence-electron chi connectivity index (χ4n) is 2.87. The van der Waals surface area contributed by atoms with Gasteiger partial charge in [0.05, 0.1) is 24.7 Å². The van der Waals surface area contributed by atoms with Crippen molar-refractivity contribution in [1.82, 2.24) is 4.72 Å². The summed E-state index contributed by atoms with van der Waals surface area (Å²) >= 11 is 0. The number of hydrogen-bond donors (Lipinski definition) is 2. The summed E-state index contributed by atoms with van der Waals surface area (Å²) in [6.07, 6.45) is 0. The maximum absolute atomic E-state index is 12.5. The Morgan fingerprint density at radius 3 is 2.45 bits per heavy atom. The lowest BCUT2D eigenvalue weighted by Gasteiger charge is -2.37. The first-order valence-corrected chi connectivity index (χ1v) is 9.20. The van der Waals surface area contributed by atoms with Crippen LogP contribution in [0, 0.1) is 13.8 Å². The maximum Gasteiger partial charge on any atom is 0.241 e. The Hall–Kier alpha value is -0.950. The van der Waals surface area contributed by atoms with Crippen LogP contribution in [0.4, 0.5) is 0 Å². The van der Waals surface area contributed by atoms with Crippen molar-refractivity contribution in [2.24, 2.45) is 0 Å². The molecular weight excluding hydrogens is 300 g/mol. The van der Waals surface area contributed by atoms with Gasteiger partial charge in [0.25, 0.3) is 0 Å². The van der Waals surface area contributed by atoms with Crippen LogP contribution in [0.1, 0.15) is 25.0 Å². The largest absolute Gasteiger partial charge is 0.370 e. The predicted molar refractivity (Wildman–Crippen MR) is 86.7 cm³/mol. The Bertz CT molecular complexity index is 620. The van der Waals surface area contributed by atoms with Crippen molar-refractivity contribution >= 4 is 10.0 Å². The molecule has 0 aromatic heterocycles. The van der Waals surface area contributed by atoms with Crippen LogP contribution in [0.3, 0.4) is 0 Å². The van der Waals surface area contributed by atoms with Crippen molar-refractivity contribution in [3.63, 3.8) is 0 Å². The minimum Gasteiger partial charge on any atom is -0.370 e. The second-order valence-electron chi connectivity index (χ2n) is 6.69. The normalized spacial score (nSPS) is 17.6. The van der Waals surface area contributed by atoms with E-state index >= 15 is 0 Å². The molecule has 124 valence electrons. The van der Waals surface area contributed by atoms with Gasteiger partial charge in [-0.2, -0.15) is 0 Å². The van der Waals surface area contributed by atoms with Gasteiger partial charge in [0.2, 0.25) is 10.0 Å². The molecular formula is C16H27N2O3S+. The minimum absolute atomic E-state index is 0.157. The van der Waals surface area contributed by atoms with Gasteiger partial charge in [0.15, 0.2) is 0 Å². The number of nitrogens with one attached hydrogen (secondary N) is 2. The van der Waals surface area contributed by atoms with Crippen LogP contribution < -0.4 is 9.62 Å². The zero-order valence-electron chi connectivity index (χ0n) is 13.9. The van der Waals surface area contributed by atoms with Gasteiger partial charge in [-0.05, 0) is 39.3 Å². The highest BCUT2D eigenvalue weighted by molar-refractivity contribution is 7.89. The minimum atomic E-state index is -3.47. The van der Waals surface area contributed by atoms with Crippen molar-refractivity contribution in [3.8, 4) is 0 Å². The molecule has 1 aromatic carbocycles. The Labute approximate surface area is 133 Å². The van der Waals surface area contributed by atoms with Crippen LogP contribution in [0.2, 0.25) is 0 Å². The summed E-state index contributed by atoms with van der Waals surface area (Å²) in [4.78, 5) is 1.74. The van der Waals surface area contributed by atoms with Crippen LogP contribution in [-0.4, -0.2) is 46.8 Å². The molecule has 5 nitrogen and oxygen atoms in total. The first kappa shape index (κ1) is 17.4. The van der Waals surface area contributed by atoms with Crippen LogP contribution in [0.25, 0.3) is 0 Å². The molecule has 1 saturated heterocycles. The molecule has 22 heavy (non-hydrogen) atoms. The lowest BCUT2D eigenvalue weighted by atomic mass is 10.0. The van der Waals surface area contributed by atoms with Crippen molar-refractivity contribution < 1.29 is 18.1 Å². The van der Waals surface area contributed by atoms with E-state index in [4.69, 9.17) is 4.74 Å². The molecule has 1 aliphatic heterocycles. The second-order valence-corrected chi connectivity index (χ2v) is 8.43. The van der Waals surface area contributed by atoms with Crippen LogP contribution >= 0.6 is 0 Å². The third kappa shape index (κ3) is 4.07. The topological polar surface area (TPSA) is 59.8 Å². The van der Waals surface area contributed by atoms with E-state index in [0.717, 1.165) is 37.4 Å². The van der Waals surface area contributed by atoms with E-state index in [9.17, 15) is 8.42 Å². The first-order valence-electron chi connectivity index (χ1n) is 7.72. The fourth-order valence-corrected chi connectivity index (χ4v) is 4.31. The number of ether oxygens (including phenoxy) is 1. The molecule has 0 saturated carbocycles. The number of morpholine rings is 1. The summed E-state index contributed by atoms with van der Waals surface area (Å²) in [5.41, 5.74) is 1.69. The van der Waals surface area contributed by atoms with Gasteiger partial charge in [-0.25, -0.2) is 13.1 Å². The molecule has 0 radical (unpaired) electrons. The first-order chi connectivity index (χ1) is 10.2. The maximum atomic E-state index is 12.5. The molecule has 0 unspecified atom stereocenters. The van der Waals surface area contributed by atoms with Crippen LogP contribution in [0.5, 0.6) is 0 Å². The van der Waals surface area contributed by atoms with Crippen LogP contribution in [-0.2, 0) is 14.8 Å². The molecule has 2 N–H and O–H groups in total. The van der Waals surface area contributed by atoms with E-state index in [-0.39, 0.29) is 5.54 Å². The quantitative estimate of drug-likeness (QED) is 0.816. The average Bonchev–Trinajstić information content (AvgIpc) is 2.46. The van der Waals surface area contributed by atoms with E-state index in [1.165, 1.54) is 4.90 Å². The third-order valence-electron chi connectivity index (χ3n) is 4.38. The van der Waals surface area contributed by atoms with Gasteiger partial charge in [0, 0.05) is 0 Å². The second kappa shape index (κ2) is 6.66. The molecule has 0 spiro atoms. The summed E-state index contributed by atoms with van der Waals surface area (Å²) in [6, 6.07) is 5.41. The SMILES string of the molecule is Cc1ccc(S(=O)(=O)NCC(C)(C)[NH+]2CCOCC2)c(C)c1. The van der Waals surface area contributed by atoms with E-state index in [1.807, 2.05) is 26.0 Å². The van der Waals surface area contributed by atoms with Crippen molar-refractivity contribution in [2.45, 2.75) is 38.1 Å². The Morgan fingerprint density at radius 2 is 1.86 bits per heavy atom. The van der Waals surface area contributed by atoms with Gasteiger partial charge in [-0.1, -0.05) is 17.7 Å². The Kier molecular flexibility index (Phi) is 5.27. The Morgan fingerprint density at radius 1 is 1.23 bits per heavy atom. The summed E-state index contributed by atoms with van der Waals surface area (Å²) in [7, 11) is -3.47. The molecule has 1 heterocycles. The van der Waals surface area contributed by atoms with Crippen molar-refractivity contribution in [1.29, 1.82) is 0 Å². The highest BCUT2D eigenvalue weighted by Gasteiger charge is 2.33. The number of benzene rings is 1. The molecule has 0 bridgehead atoms. The molecule has 6 heteroatoms. The van der Waals surface area contributed by atoms with E-state index < -0.39 is 10.0 Å². The smallest absolute Gasteiger partial charge is 0.241 e. The van der Waals surface area contributed by atoms with Gasteiger partial charge in [0.1, 0.15) is 18.6 Å². The predicted octanol–water partition coefficient (Wildman–Crippen LogP) is 0.275. The number of hydrogen-bond acceptors (Lipinski definition) is 3. The average molecular weight is 327 g/mol. The van der Waals surface area contributed by atoms with Gasteiger partial charge >= 0.3 is 0 Å². The zero-order chi connectivity index (χ0) is 16.4. The molecule has 1 fully saturated rings. The summed E-state index contributed by atoms with van der Waals surface area (Å²) in [6.45, 7) is 11.7. The zero-order valence-corrected chi connectivity index (χ0v) is 14.7. The standard InChI is InChI=1S/C16H26N2O3S/c1-13-5-6-15(14(2)11-13)22(19,20)17-12-16(3,4)18-7-9-21-10-8-18/h5-6,11,17H,7-10,12H2,1-4H3/p+1. The van der Waals surface area contributed by atoms with Crippen molar-refractivity contribution in [2.75, 3.05) is 32.8 Å². The van der Waals surface area contributed by atoms with E-state index in [1.54, 1.807) is 6.07 Å². The molecule has 0 atom stereocenters. The lowest BCUT2D eigenvalue weighted by Crippen LogP contribution is -3.22. The molecule has 1 aromatic rings. The van der Waals surface area contributed by atoms with Gasteiger partial charge < -0.3 is 9.64 Å². The van der Waals surface area contributed by atoms with E-state index in [2.05, 4.69) is 18.6 Å². The Balaban J connectivity index is 2.08. The number of aryl methyl sites for hydroxylation is 2. The molecule has 2 rings (SSSR count). The van der Waals surface area contributed by atoms with Gasteiger partial charge in [-0.15, -0.1) is 0 Å². The number of rotatable bonds is 5. The number of quaternary nitrogens is 1. The summed E-state index contributed by atoms with van der Waals surface area (Å²) < 4.78 is 33.3. The fraction of sp³-hybridized carbons (Fsp3) is 0.625. The van der Waals surface area contributed by atoms with E-state index in [0.29, 0.717) is 11.4 Å². The molecule has 0 amide bonds. The monoisotopic (exact) mass is 327 g/mol. The summed E-state index contributed by atoms with van der Waals surface area (Å²) in [5, 5.41) is 0. The molecule has 1 aliphatic rings. The number of sulfonamides is 1. The highest BCUT2D eigenvalue weighted by Crippen LogP contribution is 2.16. The lowest BCUT2D eigenvalue weighted by molar-refractivity contribution is -0.954. The van der Waals surface area contributed by atoms with Crippen LogP contribution in [0.15, 0.2) is 23.1 Å². The molecule has 0 aliphatic carbocycles. The van der Waals surface area contributed by atoms with Crippen molar-refractivity contribution in [3.05, 3.63) is 29.3 Å². The highest BCUT2D eigenvalue weighted by atomic mass is 32.2. The summed E-state index contributed by atoms with van der Waals surface area (Å²) in [5.74, 6) is 0. The third-order valence-corrected chi connectivity index (χ3v) is 5.94.